The van der Waals surface area contributed by atoms with Crippen molar-refractivity contribution in [3.8, 4) is 0 Å². The maximum atomic E-state index is 12.8. The first kappa shape index (κ1) is 17.0. The van der Waals surface area contributed by atoms with Crippen LogP contribution in [0.3, 0.4) is 0 Å². The summed E-state index contributed by atoms with van der Waals surface area (Å²) in [4.78, 5) is 26.9. The smallest absolute Gasteiger partial charge is 0.246 e. The second-order valence-corrected chi connectivity index (χ2v) is 6.22. The molecule has 116 valence electrons. The third-order valence-corrected chi connectivity index (χ3v) is 4.68. The molecule has 3 atom stereocenters. The fourth-order valence-corrected chi connectivity index (χ4v) is 3.27. The normalized spacial score (nSPS) is 25.3. The predicted octanol–water partition coefficient (Wildman–Crippen LogP) is 2.57. The molecule has 1 rings (SSSR count). The molecular weight excluding hydrogens is 252 g/mol. The third kappa shape index (κ3) is 3.15. The van der Waals surface area contributed by atoms with Gasteiger partial charge in [0.2, 0.25) is 11.8 Å². The lowest BCUT2D eigenvalue weighted by Crippen LogP contribution is -2.67. The minimum atomic E-state index is -0.373. The molecule has 20 heavy (non-hydrogen) atoms. The van der Waals surface area contributed by atoms with Gasteiger partial charge in [0.1, 0.15) is 12.1 Å². The van der Waals surface area contributed by atoms with Crippen molar-refractivity contribution in [3.63, 3.8) is 0 Å². The van der Waals surface area contributed by atoms with E-state index >= 15 is 0 Å². The molecule has 0 aliphatic carbocycles. The Bertz CT molecular complexity index is 350. The van der Waals surface area contributed by atoms with Crippen molar-refractivity contribution in [1.29, 1.82) is 0 Å². The SMILES string of the molecule is CCC(CC)C(C)N1C(=O)C(C(C)C)NC(=O)C1CC. The molecule has 4 nitrogen and oxygen atoms in total. The van der Waals surface area contributed by atoms with Crippen LogP contribution in [-0.2, 0) is 9.59 Å². The molecule has 1 heterocycles. The van der Waals surface area contributed by atoms with E-state index in [9.17, 15) is 9.59 Å². The van der Waals surface area contributed by atoms with Crippen molar-refractivity contribution in [3.05, 3.63) is 0 Å². The van der Waals surface area contributed by atoms with Crippen LogP contribution < -0.4 is 5.32 Å². The molecule has 0 spiro atoms. The standard InChI is InChI=1S/C16H30N2O2/c1-7-12(8-2)11(6)18-13(9-3)15(19)17-14(10(4)5)16(18)20/h10-14H,7-9H2,1-6H3,(H,17,19). The highest BCUT2D eigenvalue weighted by molar-refractivity contribution is 5.97. The summed E-state index contributed by atoms with van der Waals surface area (Å²) in [7, 11) is 0. The van der Waals surface area contributed by atoms with Crippen LogP contribution in [0.1, 0.15) is 60.8 Å². The summed E-state index contributed by atoms with van der Waals surface area (Å²) in [5.41, 5.74) is 0. The fraction of sp³-hybridized carbons (Fsp3) is 0.875. The van der Waals surface area contributed by atoms with Crippen molar-refractivity contribution in [2.75, 3.05) is 0 Å². The highest BCUT2D eigenvalue weighted by Crippen LogP contribution is 2.26. The minimum Gasteiger partial charge on any atom is -0.342 e. The first-order valence-electron chi connectivity index (χ1n) is 8.01. The maximum Gasteiger partial charge on any atom is 0.246 e. The van der Waals surface area contributed by atoms with Crippen LogP contribution in [0.4, 0.5) is 0 Å². The van der Waals surface area contributed by atoms with E-state index in [0.717, 1.165) is 12.8 Å². The van der Waals surface area contributed by atoms with E-state index in [1.807, 2.05) is 25.7 Å². The number of nitrogens with one attached hydrogen (secondary N) is 1. The van der Waals surface area contributed by atoms with E-state index in [2.05, 4.69) is 26.1 Å². The van der Waals surface area contributed by atoms with E-state index in [1.165, 1.54) is 0 Å². The Balaban J connectivity index is 3.07. The van der Waals surface area contributed by atoms with E-state index in [-0.39, 0.29) is 35.9 Å². The van der Waals surface area contributed by atoms with E-state index < -0.39 is 0 Å². The van der Waals surface area contributed by atoms with Crippen molar-refractivity contribution in [2.24, 2.45) is 11.8 Å². The lowest BCUT2D eigenvalue weighted by molar-refractivity contribution is -0.154. The highest BCUT2D eigenvalue weighted by atomic mass is 16.2. The molecule has 0 radical (unpaired) electrons. The van der Waals surface area contributed by atoms with Gasteiger partial charge in [-0.1, -0.05) is 47.5 Å². The van der Waals surface area contributed by atoms with Crippen LogP contribution in [0.2, 0.25) is 0 Å². The van der Waals surface area contributed by atoms with Crippen molar-refractivity contribution in [2.45, 2.75) is 78.9 Å². The monoisotopic (exact) mass is 282 g/mol. The second-order valence-electron chi connectivity index (χ2n) is 6.22. The second kappa shape index (κ2) is 7.09. The molecule has 1 saturated heterocycles. The van der Waals surface area contributed by atoms with Gasteiger partial charge in [-0.25, -0.2) is 0 Å². The Morgan fingerprint density at radius 2 is 1.65 bits per heavy atom. The Morgan fingerprint density at radius 1 is 1.10 bits per heavy atom. The Hall–Kier alpha value is -1.06. The molecule has 3 unspecified atom stereocenters. The molecule has 1 aliphatic rings. The lowest BCUT2D eigenvalue weighted by atomic mass is 9.89. The number of carbonyl (C=O) groups is 2. The van der Waals surface area contributed by atoms with Crippen LogP contribution >= 0.6 is 0 Å². The molecule has 4 heteroatoms. The topological polar surface area (TPSA) is 49.4 Å². The van der Waals surface area contributed by atoms with E-state index in [0.29, 0.717) is 12.3 Å². The van der Waals surface area contributed by atoms with Gasteiger partial charge in [0, 0.05) is 6.04 Å². The number of rotatable bonds is 6. The number of piperazine rings is 1. The van der Waals surface area contributed by atoms with Gasteiger partial charge in [-0.05, 0) is 25.2 Å². The van der Waals surface area contributed by atoms with Crippen molar-refractivity contribution < 1.29 is 9.59 Å². The van der Waals surface area contributed by atoms with Gasteiger partial charge in [-0.15, -0.1) is 0 Å². The maximum absolute atomic E-state index is 12.8. The summed E-state index contributed by atoms with van der Waals surface area (Å²) in [6, 6.07) is -0.565. The third-order valence-electron chi connectivity index (χ3n) is 4.68. The van der Waals surface area contributed by atoms with Gasteiger partial charge in [-0.2, -0.15) is 0 Å². The molecule has 2 amide bonds. The lowest BCUT2D eigenvalue weighted by Gasteiger charge is -2.45. The molecule has 1 fully saturated rings. The predicted molar refractivity (Wildman–Crippen MR) is 81.2 cm³/mol. The zero-order valence-corrected chi connectivity index (χ0v) is 13.8. The average Bonchev–Trinajstić information content (AvgIpc) is 2.41. The number of hydrogen-bond donors (Lipinski definition) is 1. The first-order chi connectivity index (χ1) is 9.38. The van der Waals surface area contributed by atoms with Gasteiger partial charge < -0.3 is 10.2 Å². The van der Waals surface area contributed by atoms with Gasteiger partial charge in [0.25, 0.3) is 0 Å². The van der Waals surface area contributed by atoms with Crippen molar-refractivity contribution >= 4 is 11.8 Å². The summed E-state index contributed by atoms with van der Waals surface area (Å²) in [5, 5.41) is 2.90. The summed E-state index contributed by atoms with van der Waals surface area (Å²) in [5.74, 6) is 0.668. The fourth-order valence-electron chi connectivity index (χ4n) is 3.27. The molecule has 1 aliphatic heterocycles. The van der Waals surface area contributed by atoms with Gasteiger partial charge in [-0.3, -0.25) is 9.59 Å². The molecule has 0 aromatic rings. The number of nitrogens with zero attached hydrogens (tertiary/aromatic N) is 1. The first-order valence-corrected chi connectivity index (χ1v) is 8.01. The summed E-state index contributed by atoms with van der Waals surface area (Å²) < 4.78 is 0. The van der Waals surface area contributed by atoms with Gasteiger partial charge in [0.05, 0.1) is 0 Å². The Morgan fingerprint density at radius 3 is 2.05 bits per heavy atom. The quantitative estimate of drug-likeness (QED) is 0.814. The van der Waals surface area contributed by atoms with E-state index in [4.69, 9.17) is 0 Å². The molecule has 1 N–H and O–H groups in total. The zero-order valence-electron chi connectivity index (χ0n) is 13.8. The van der Waals surface area contributed by atoms with Crippen LogP contribution in [0.15, 0.2) is 0 Å². The number of hydrogen-bond acceptors (Lipinski definition) is 2. The summed E-state index contributed by atoms with van der Waals surface area (Å²) in [6.45, 7) is 12.3. The zero-order chi connectivity index (χ0) is 15.4. The van der Waals surface area contributed by atoms with Gasteiger partial charge in [0.15, 0.2) is 0 Å². The number of carbonyl (C=O) groups excluding carboxylic acids is 2. The van der Waals surface area contributed by atoms with Crippen molar-refractivity contribution in [1.82, 2.24) is 10.2 Å². The molecular formula is C16H30N2O2. The Labute approximate surface area is 123 Å². The largest absolute Gasteiger partial charge is 0.342 e. The summed E-state index contributed by atoms with van der Waals surface area (Å²) in [6.07, 6.45) is 2.74. The highest BCUT2D eigenvalue weighted by Gasteiger charge is 2.43. The van der Waals surface area contributed by atoms with Crippen LogP contribution in [0.25, 0.3) is 0 Å². The molecule has 0 aromatic heterocycles. The van der Waals surface area contributed by atoms with E-state index in [1.54, 1.807) is 0 Å². The average molecular weight is 282 g/mol. The van der Waals surface area contributed by atoms with Crippen LogP contribution in [-0.4, -0.2) is 34.8 Å². The molecule has 0 aromatic carbocycles. The van der Waals surface area contributed by atoms with Crippen LogP contribution in [0.5, 0.6) is 0 Å². The van der Waals surface area contributed by atoms with Crippen LogP contribution in [0, 0.1) is 11.8 Å². The number of amides is 2. The Kier molecular flexibility index (Phi) is 6.03. The molecule has 0 bridgehead atoms. The van der Waals surface area contributed by atoms with Gasteiger partial charge >= 0.3 is 0 Å². The molecule has 0 saturated carbocycles. The summed E-state index contributed by atoms with van der Waals surface area (Å²) >= 11 is 0. The minimum absolute atomic E-state index is 0.00334.